The second-order valence-electron chi connectivity index (χ2n) is 7.52. The van der Waals surface area contributed by atoms with Crippen LogP contribution in [0, 0.1) is 11.3 Å². The minimum Gasteiger partial charge on any atom is -0.374 e. The van der Waals surface area contributed by atoms with Crippen LogP contribution in [0.25, 0.3) is 0 Å². The predicted octanol–water partition coefficient (Wildman–Crippen LogP) is 2.76. The van der Waals surface area contributed by atoms with E-state index in [-0.39, 0.29) is 0 Å². The van der Waals surface area contributed by atoms with Gasteiger partial charge in [-0.2, -0.15) is 0 Å². The molecule has 3 nitrogen and oxygen atoms in total. The predicted molar refractivity (Wildman–Crippen MR) is 82.6 cm³/mol. The van der Waals surface area contributed by atoms with Crippen molar-refractivity contribution in [1.29, 1.82) is 0 Å². The third-order valence-electron chi connectivity index (χ3n) is 3.51. The van der Waals surface area contributed by atoms with Gasteiger partial charge in [-0.05, 0) is 30.7 Å². The summed E-state index contributed by atoms with van der Waals surface area (Å²) in [6.45, 7) is 17.8. The highest BCUT2D eigenvalue weighted by Crippen LogP contribution is 2.12. The minimum absolute atomic E-state index is 0.353. The number of hydrogen-bond donors (Lipinski definition) is 1. The molecule has 1 saturated heterocycles. The number of morpholine rings is 1. The molecule has 1 aliphatic heterocycles. The van der Waals surface area contributed by atoms with E-state index in [2.05, 4.69) is 44.8 Å². The van der Waals surface area contributed by atoms with Crippen molar-refractivity contribution in [2.75, 3.05) is 39.3 Å². The normalized spacial score (nSPS) is 22.1. The van der Waals surface area contributed by atoms with Crippen molar-refractivity contribution in [3.63, 3.8) is 0 Å². The molecular weight excluding hydrogens is 236 g/mol. The van der Waals surface area contributed by atoms with Gasteiger partial charge in [0.05, 0.1) is 12.7 Å². The number of ether oxygens (including phenoxy) is 1. The molecule has 114 valence electrons. The van der Waals surface area contributed by atoms with E-state index in [1.54, 1.807) is 0 Å². The first-order valence-corrected chi connectivity index (χ1v) is 7.91. The molecule has 0 aliphatic carbocycles. The molecule has 3 heteroatoms. The summed E-state index contributed by atoms with van der Waals surface area (Å²) in [7, 11) is 0. The maximum Gasteiger partial charge on any atom is 0.0826 e. The smallest absolute Gasteiger partial charge is 0.0826 e. The van der Waals surface area contributed by atoms with E-state index in [1.165, 1.54) is 19.4 Å². The zero-order chi connectivity index (χ0) is 14.3. The average molecular weight is 270 g/mol. The van der Waals surface area contributed by atoms with Crippen molar-refractivity contribution in [1.82, 2.24) is 10.2 Å². The molecule has 1 fully saturated rings. The molecule has 0 aromatic carbocycles. The summed E-state index contributed by atoms with van der Waals surface area (Å²) in [5.74, 6) is 0.824. The van der Waals surface area contributed by atoms with E-state index in [0.29, 0.717) is 11.5 Å². The summed E-state index contributed by atoms with van der Waals surface area (Å²) in [6, 6.07) is 0. The number of rotatable bonds is 7. The van der Waals surface area contributed by atoms with Crippen molar-refractivity contribution in [2.24, 2.45) is 11.3 Å². The largest absolute Gasteiger partial charge is 0.374 e. The van der Waals surface area contributed by atoms with E-state index in [0.717, 1.165) is 38.7 Å². The van der Waals surface area contributed by atoms with Crippen LogP contribution in [0.3, 0.4) is 0 Å². The SMILES string of the molecule is CC(C)CCCN1CCO[C@H](CNCC(C)(C)C)C1. The van der Waals surface area contributed by atoms with Gasteiger partial charge < -0.3 is 10.1 Å². The van der Waals surface area contributed by atoms with Gasteiger partial charge in [-0.1, -0.05) is 34.6 Å². The van der Waals surface area contributed by atoms with Crippen LogP contribution in [0.15, 0.2) is 0 Å². The van der Waals surface area contributed by atoms with E-state index >= 15 is 0 Å². The quantitative estimate of drug-likeness (QED) is 0.770. The Morgan fingerprint density at radius 2 is 2.05 bits per heavy atom. The Hall–Kier alpha value is -0.120. The summed E-state index contributed by atoms with van der Waals surface area (Å²) in [4.78, 5) is 2.56. The highest BCUT2D eigenvalue weighted by molar-refractivity contribution is 4.75. The fraction of sp³-hybridized carbons (Fsp3) is 1.00. The number of nitrogens with one attached hydrogen (secondary N) is 1. The maximum atomic E-state index is 5.85. The summed E-state index contributed by atoms with van der Waals surface area (Å²) in [5.41, 5.74) is 0.353. The molecule has 0 bridgehead atoms. The third kappa shape index (κ3) is 8.61. The minimum atomic E-state index is 0.353. The summed E-state index contributed by atoms with van der Waals surface area (Å²) in [6.07, 6.45) is 3.03. The van der Waals surface area contributed by atoms with E-state index < -0.39 is 0 Å². The molecule has 0 spiro atoms. The fourth-order valence-electron chi connectivity index (χ4n) is 2.44. The summed E-state index contributed by atoms with van der Waals surface area (Å²) >= 11 is 0. The van der Waals surface area contributed by atoms with Crippen LogP contribution in [0.2, 0.25) is 0 Å². The molecule has 1 heterocycles. The van der Waals surface area contributed by atoms with Crippen LogP contribution in [-0.2, 0) is 4.74 Å². The monoisotopic (exact) mass is 270 g/mol. The molecular formula is C16H34N2O. The molecule has 0 saturated carbocycles. The molecule has 1 rings (SSSR count). The van der Waals surface area contributed by atoms with Gasteiger partial charge in [-0.3, -0.25) is 4.90 Å². The van der Waals surface area contributed by atoms with Gasteiger partial charge in [0.15, 0.2) is 0 Å². The van der Waals surface area contributed by atoms with Gasteiger partial charge in [0, 0.05) is 26.2 Å². The van der Waals surface area contributed by atoms with Gasteiger partial charge in [0.2, 0.25) is 0 Å². The molecule has 1 N–H and O–H groups in total. The van der Waals surface area contributed by atoms with Gasteiger partial charge >= 0.3 is 0 Å². The average Bonchev–Trinajstić information content (AvgIpc) is 2.27. The van der Waals surface area contributed by atoms with Crippen molar-refractivity contribution in [2.45, 2.75) is 53.6 Å². The maximum absolute atomic E-state index is 5.85. The van der Waals surface area contributed by atoms with Crippen LogP contribution in [0.1, 0.15) is 47.5 Å². The highest BCUT2D eigenvalue weighted by Gasteiger charge is 2.20. The van der Waals surface area contributed by atoms with E-state index in [1.807, 2.05) is 0 Å². The number of nitrogens with zero attached hydrogens (tertiary/aromatic N) is 1. The summed E-state index contributed by atoms with van der Waals surface area (Å²) in [5, 5.41) is 3.54. The lowest BCUT2D eigenvalue weighted by molar-refractivity contribution is -0.0281. The Kier molecular flexibility index (Phi) is 7.33. The Balaban J connectivity index is 2.15. The second kappa shape index (κ2) is 8.23. The first kappa shape index (κ1) is 16.9. The van der Waals surface area contributed by atoms with Crippen molar-refractivity contribution < 1.29 is 4.74 Å². The van der Waals surface area contributed by atoms with Crippen LogP contribution in [0.5, 0.6) is 0 Å². The van der Waals surface area contributed by atoms with Gasteiger partial charge in [0.25, 0.3) is 0 Å². The molecule has 0 aromatic heterocycles. The molecule has 0 radical (unpaired) electrons. The van der Waals surface area contributed by atoms with Crippen molar-refractivity contribution >= 4 is 0 Å². The second-order valence-corrected chi connectivity index (χ2v) is 7.52. The lowest BCUT2D eigenvalue weighted by Crippen LogP contribution is -2.47. The summed E-state index contributed by atoms with van der Waals surface area (Å²) < 4.78 is 5.85. The molecule has 19 heavy (non-hydrogen) atoms. The molecule has 0 aromatic rings. The zero-order valence-electron chi connectivity index (χ0n) is 13.7. The lowest BCUT2D eigenvalue weighted by atomic mass is 9.97. The highest BCUT2D eigenvalue weighted by atomic mass is 16.5. The first-order chi connectivity index (χ1) is 8.87. The fourth-order valence-corrected chi connectivity index (χ4v) is 2.44. The van der Waals surface area contributed by atoms with Crippen LogP contribution in [-0.4, -0.2) is 50.3 Å². The first-order valence-electron chi connectivity index (χ1n) is 7.91. The molecule has 1 aliphatic rings. The van der Waals surface area contributed by atoms with Crippen LogP contribution >= 0.6 is 0 Å². The topological polar surface area (TPSA) is 24.5 Å². The Bertz CT molecular complexity index is 235. The van der Waals surface area contributed by atoms with Gasteiger partial charge in [-0.15, -0.1) is 0 Å². The Morgan fingerprint density at radius 1 is 1.32 bits per heavy atom. The third-order valence-corrected chi connectivity index (χ3v) is 3.51. The van der Waals surface area contributed by atoms with E-state index in [9.17, 15) is 0 Å². The molecule has 0 unspecified atom stereocenters. The van der Waals surface area contributed by atoms with Crippen molar-refractivity contribution in [3.05, 3.63) is 0 Å². The number of hydrogen-bond acceptors (Lipinski definition) is 3. The molecule has 1 atom stereocenters. The standard InChI is InChI=1S/C16H34N2O/c1-14(2)7-6-8-18-9-10-19-15(12-18)11-17-13-16(3,4)5/h14-15,17H,6-13H2,1-5H3/t15-/m1/s1. The van der Waals surface area contributed by atoms with Crippen molar-refractivity contribution in [3.8, 4) is 0 Å². The Morgan fingerprint density at radius 3 is 2.68 bits per heavy atom. The van der Waals surface area contributed by atoms with Gasteiger partial charge in [0.1, 0.15) is 0 Å². The van der Waals surface area contributed by atoms with Crippen LogP contribution in [0.4, 0.5) is 0 Å². The van der Waals surface area contributed by atoms with E-state index in [4.69, 9.17) is 4.74 Å². The van der Waals surface area contributed by atoms with Gasteiger partial charge in [-0.25, -0.2) is 0 Å². The Labute approximate surface area is 120 Å². The molecule has 0 amide bonds. The lowest BCUT2D eigenvalue weighted by Gasteiger charge is -2.33. The zero-order valence-corrected chi connectivity index (χ0v) is 13.7. The van der Waals surface area contributed by atoms with Crippen LogP contribution < -0.4 is 5.32 Å².